The van der Waals surface area contributed by atoms with E-state index in [9.17, 15) is 14.4 Å². The molecule has 1 heterocycles. The molecule has 0 bridgehead atoms. The topological polar surface area (TPSA) is 94.2 Å². The van der Waals surface area contributed by atoms with Gasteiger partial charge in [0, 0.05) is 18.7 Å². The summed E-state index contributed by atoms with van der Waals surface area (Å²) in [6, 6.07) is 23.6. The van der Waals surface area contributed by atoms with Gasteiger partial charge in [0.15, 0.2) is 6.61 Å². The van der Waals surface area contributed by atoms with Crippen LogP contribution in [0.25, 0.3) is 0 Å². The SMILES string of the molecule is COc1ccc(Oc2ccc(N3C[C@H](C(=O)OCC(=O)N[C@H](C)c4ccccc4)CC3=O)cc2)cc1. The fourth-order valence-electron chi connectivity index (χ4n) is 3.95. The van der Waals surface area contributed by atoms with Crippen molar-refractivity contribution in [2.75, 3.05) is 25.2 Å². The lowest BCUT2D eigenvalue weighted by molar-refractivity contribution is -0.152. The highest BCUT2D eigenvalue weighted by Gasteiger charge is 2.36. The highest BCUT2D eigenvalue weighted by Crippen LogP contribution is 2.29. The average molecular weight is 489 g/mol. The number of hydrogen-bond donors (Lipinski definition) is 1. The van der Waals surface area contributed by atoms with Crippen molar-refractivity contribution in [1.82, 2.24) is 5.32 Å². The first-order valence-corrected chi connectivity index (χ1v) is 11.7. The number of methoxy groups -OCH3 is 1. The Morgan fingerprint density at radius 1 is 0.944 bits per heavy atom. The second-order valence-electron chi connectivity index (χ2n) is 8.48. The first-order valence-electron chi connectivity index (χ1n) is 11.7. The lowest BCUT2D eigenvalue weighted by Gasteiger charge is -2.17. The molecular weight excluding hydrogens is 460 g/mol. The van der Waals surface area contributed by atoms with E-state index < -0.39 is 24.4 Å². The Morgan fingerprint density at radius 3 is 2.19 bits per heavy atom. The highest BCUT2D eigenvalue weighted by atomic mass is 16.5. The molecule has 186 valence electrons. The standard InChI is InChI=1S/C28H28N2O6/c1-19(20-6-4-3-5-7-20)29-26(31)18-35-28(33)21-16-27(32)30(17-21)22-8-10-24(11-9-22)36-25-14-12-23(34-2)13-15-25/h3-15,19,21H,16-18H2,1-2H3,(H,29,31)/t19-,21-/m1/s1. The number of anilines is 1. The van der Waals surface area contributed by atoms with Gasteiger partial charge in [-0.2, -0.15) is 0 Å². The Hall–Kier alpha value is -4.33. The van der Waals surface area contributed by atoms with Crippen molar-refractivity contribution in [2.24, 2.45) is 5.92 Å². The van der Waals surface area contributed by atoms with Gasteiger partial charge in [-0.25, -0.2) is 0 Å². The molecule has 2 amide bonds. The van der Waals surface area contributed by atoms with Gasteiger partial charge in [-0.05, 0) is 61.0 Å². The van der Waals surface area contributed by atoms with Gasteiger partial charge in [0.2, 0.25) is 5.91 Å². The summed E-state index contributed by atoms with van der Waals surface area (Å²) in [6.07, 6.45) is 0.0327. The molecular formula is C28H28N2O6. The summed E-state index contributed by atoms with van der Waals surface area (Å²) in [5.41, 5.74) is 1.61. The molecule has 1 fully saturated rings. The van der Waals surface area contributed by atoms with Crippen LogP contribution in [0.4, 0.5) is 5.69 Å². The van der Waals surface area contributed by atoms with Crippen LogP contribution in [0.2, 0.25) is 0 Å². The average Bonchev–Trinajstić information content (AvgIpc) is 3.30. The van der Waals surface area contributed by atoms with E-state index in [4.69, 9.17) is 14.2 Å². The zero-order valence-electron chi connectivity index (χ0n) is 20.2. The summed E-state index contributed by atoms with van der Waals surface area (Å²) in [5, 5.41) is 2.80. The maximum absolute atomic E-state index is 12.6. The summed E-state index contributed by atoms with van der Waals surface area (Å²) in [4.78, 5) is 38.8. The molecule has 0 saturated carbocycles. The number of carbonyl (C=O) groups is 3. The quantitative estimate of drug-likeness (QED) is 0.453. The van der Waals surface area contributed by atoms with Gasteiger partial charge < -0.3 is 24.4 Å². The molecule has 1 aliphatic rings. The second-order valence-corrected chi connectivity index (χ2v) is 8.48. The summed E-state index contributed by atoms with van der Waals surface area (Å²) < 4.78 is 16.2. The predicted molar refractivity (Wildman–Crippen MR) is 134 cm³/mol. The molecule has 0 radical (unpaired) electrons. The third-order valence-corrected chi connectivity index (χ3v) is 5.92. The third-order valence-electron chi connectivity index (χ3n) is 5.92. The number of amides is 2. The van der Waals surface area contributed by atoms with Crippen molar-refractivity contribution < 1.29 is 28.6 Å². The van der Waals surface area contributed by atoms with E-state index in [1.54, 1.807) is 60.5 Å². The Bertz CT molecular complexity index is 1190. The number of hydrogen-bond acceptors (Lipinski definition) is 6. The molecule has 3 aromatic carbocycles. The van der Waals surface area contributed by atoms with E-state index in [-0.39, 0.29) is 24.9 Å². The summed E-state index contributed by atoms with van der Waals surface area (Å²) in [5.74, 6) is 0.241. The van der Waals surface area contributed by atoms with Crippen LogP contribution in [-0.2, 0) is 19.1 Å². The molecule has 4 rings (SSSR count). The molecule has 3 aromatic rings. The van der Waals surface area contributed by atoms with Crippen LogP contribution in [0.15, 0.2) is 78.9 Å². The van der Waals surface area contributed by atoms with E-state index in [1.165, 1.54) is 0 Å². The minimum atomic E-state index is -0.632. The maximum atomic E-state index is 12.6. The van der Waals surface area contributed by atoms with Crippen molar-refractivity contribution in [3.8, 4) is 17.2 Å². The van der Waals surface area contributed by atoms with Crippen LogP contribution in [0.5, 0.6) is 17.2 Å². The summed E-state index contributed by atoms with van der Waals surface area (Å²) in [6.45, 7) is 1.66. The predicted octanol–water partition coefficient (Wildman–Crippen LogP) is 4.26. The Kier molecular flexibility index (Phi) is 7.85. The van der Waals surface area contributed by atoms with E-state index in [0.29, 0.717) is 17.2 Å². The maximum Gasteiger partial charge on any atom is 0.311 e. The second kappa shape index (κ2) is 11.4. The Morgan fingerprint density at radius 2 is 1.56 bits per heavy atom. The van der Waals surface area contributed by atoms with E-state index in [2.05, 4.69) is 5.32 Å². The number of nitrogens with one attached hydrogen (secondary N) is 1. The molecule has 0 spiro atoms. The molecule has 8 heteroatoms. The lowest BCUT2D eigenvalue weighted by atomic mass is 10.1. The van der Waals surface area contributed by atoms with Gasteiger partial charge in [0.05, 0.1) is 19.1 Å². The zero-order chi connectivity index (χ0) is 25.5. The van der Waals surface area contributed by atoms with Gasteiger partial charge in [-0.15, -0.1) is 0 Å². The smallest absolute Gasteiger partial charge is 0.311 e. The van der Waals surface area contributed by atoms with Crippen molar-refractivity contribution in [3.63, 3.8) is 0 Å². The normalized spacial score (nSPS) is 15.8. The number of nitrogens with zero attached hydrogens (tertiary/aromatic N) is 1. The first kappa shape index (κ1) is 24.8. The van der Waals surface area contributed by atoms with E-state index in [1.807, 2.05) is 37.3 Å². The molecule has 1 aliphatic heterocycles. The molecule has 0 aliphatic carbocycles. The molecule has 1 N–H and O–H groups in total. The van der Waals surface area contributed by atoms with Gasteiger partial charge in [-0.3, -0.25) is 14.4 Å². The van der Waals surface area contributed by atoms with Crippen LogP contribution >= 0.6 is 0 Å². The van der Waals surface area contributed by atoms with Crippen LogP contribution < -0.4 is 19.7 Å². The Labute approximate surface area is 209 Å². The molecule has 0 unspecified atom stereocenters. The number of esters is 1. The molecule has 1 saturated heterocycles. The highest BCUT2D eigenvalue weighted by molar-refractivity contribution is 5.99. The fraction of sp³-hybridized carbons (Fsp3) is 0.250. The van der Waals surface area contributed by atoms with Crippen molar-refractivity contribution >= 4 is 23.5 Å². The third kappa shape index (κ3) is 6.21. The Balaban J connectivity index is 1.27. The minimum Gasteiger partial charge on any atom is -0.497 e. The molecule has 8 nitrogen and oxygen atoms in total. The molecule has 0 aromatic heterocycles. The first-order chi connectivity index (χ1) is 17.4. The van der Waals surface area contributed by atoms with Gasteiger partial charge in [0.25, 0.3) is 5.91 Å². The van der Waals surface area contributed by atoms with Crippen LogP contribution in [0.3, 0.4) is 0 Å². The summed E-state index contributed by atoms with van der Waals surface area (Å²) in [7, 11) is 1.60. The lowest BCUT2D eigenvalue weighted by Crippen LogP contribution is -2.32. The summed E-state index contributed by atoms with van der Waals surface area (Å²) >= 11 is 0. The minimum absolute atomic E-state index is 0.0327. The van der Waals surface area contributed by atoms with Crippen LogP contribution in [0, 0.1) is 5.92 Å². The van der Waals surface area contributed by atoms with E-state index in [0.717, 1.165) is 11.3 Å². The fourth-order valence-corrected chi connectivity index (χ4v) is 3.95. The van der Waals surface area contributed by atoms with Crippen molar-refractivity contribution in [2.45, 2.75) is 19.4 Å². The molecule has 36 heavy (non-hydrogen) atoms. The molecule has 2 atom stereocenters. The van der Waals surface area contributed by atoms with Crippen LogP contribution in [0.1, 0.15) is 24.9 Å². The number of rotatable bonds is 9. The monoisotopic (exact) mass is 488 g/mol. The number of carbonyl (C=O) groups excluding carboxylic acids is 3. The zero-order valence-corrected chi connectivity index (χ0v) is 20.2. The number of ether oxygens (including phenoxy) is 3. The van der Waals surface area contributed by atoms with Gasteiger partial charge in [-0.1, -0.05) is 30.3 Å². The van der Waals surface area contributed by atoms with Crippen molar-refractivity contribution in [1.29, 1.82) is 0 Å². The van der Waals surface area contributed by atoms with Crippen LogP contribution in [-0.4, -0.2) is 38.0 Å². The van der Waals surface area contributed by atoms with Crippen molar-refractivity contribution in [3.05, 3.63) is 84.4 Å². The largest absolute Gasteiger partial charge is 0.497 e. The van der Waals surface area contributed by atoms with E-state index >= 15 is 0 Å². The number of benzene rings is 3. The van der Waals surface area contributed by atoms with Gasteiger partial charge in [0.1, 0.15) is 17.2 Å². The van der Waals surface area contributed by atoms with Gasteiger partial charge >= 0.3 is 5.97 Å².